The van der Waals surface area contributed by atoms with Gasteiger partial charge in [0.05, 0.1) is 10.7 Å². The summed E-state index contributed by atoms with van der Waals surface area (Å²) in [5.41, 5.74) is 1.31. The zero-order chi connectivity index (χ0) is 18.7. The van der Waals surface area contributed by atoms with Gasteiger partial charge in [0.2, 0.25) is 5.13 Å². The van der Waals surface area contributed by atoms with Gasteiger partial charge in [-0.1, -0.05) is 63.8 Å². The molecule has 1 aromatic heterocycles. The van der Waals surface area contributed by atoms with E-state index in [9.17, 15) is 4.79 Å². The third-order valence-corrected chi connectivity index (χ3v) is 5.20. The van der Waals surface area contributed by atoms with Gasteiger partial charge in [-0.2, -0.15) is 0 Å². The van der Waals surface area contributed by atoms with Gasteiger partial charge in [0.15, 0.2) is 0 Å². The van der Waals surface area contributed by atoms with Crippen LogP contribution in [0.1, 0.15) is 10.6 Å². The van der Waals surface area contributed by atoms with E-state index >= 15 is 0 Å². The quantitative estimate of drug-likeness (QED) is 0.487. The van der Waals surface area contributed by atoms with Crippen molar-refractivity contribution in [1.29, 1.82) is 0 Å². The predicted octanol–water partition coefficient (Wildman–Crippen LogP) is 6.39. The molecule has 5 nitrogen and oxygen atoms in total. The molecule has 3 aromatic rings. The van der Waals surface area contributed by atoms with Gasteiger partial charge < -0.3 is 5.32 Å². The highest BCUT2D eigenvalue weighted by Gasteiger charge is 2.12. The Morgan fingerprint density at radius 3 is 2.31 bits per heavy atom. The van der Waals surface area contributed by atoms with Crippen molar-refractivity contribution in [2.75, 3.05) is 10.6 Å². The topological polar surface area (TPSA) is 66.9 Å². The maximum Gasteiger partial charge on any atom is 0.325 e. The number of carbonyl (C=O) groups excluding carboxylic acids is 1. The van der Waals surface area contributed by atoms with Crippen molar-refractivity contribution in [3.8, 4) is 0 Å². The molecule has 0 aliphatic carbocycles. The van der Waals surface area contributed by atoms with Crippen LogP contribution in [0.2, 0.25) is 20.1 Å². The van der Waals surface area contributed by atoms with E-state index in [2.05, 4.69) is 20.8 Å². The number of halogens is 4. The molecule has 2 N–H and O–H groups in total. The summed E-state index contributed by atoms with van der Waals surface area (Å²) in [6.45, 7) is 0. The number of rotatable bonds is 4. The average Bonchev–Trinajstić information content (AvgIpc) is 3.00. The number of hydrogen-bond donors (Lipinski definition) is 2. The molecule has 0 aliphatic heterocycles. The van der Waals surface area contributed by atoms with Crippen molar-refractivity contribution in [2.45, 2.75) is 6.42 Å². The van der Waals surface area contributed by atoms with E-state index in [4.69, 9.17) is 46.4 Å². The zero-order valence-corrected chi connectivity index (χ0v) is 16.7. The minimum atomic E-state index is -0.485. The molecule has 0 saturated carbocycles. The second-order valence-electron chi connectivity index (χ2n) is 5.12. The molecule has 10 heteroatoms. The van der Waals surface area contributed by atoms with Crippen molar-refractivity contribution in [1.82, 2.24) is 10.2 Å². The summed E-state index contributed by atoms with van der Waals surface area (Å²) in [5.74, 6) is 0. The Morgan fingerprint density at radius 2 is 1.62 bits per heavy atom. The standard InChI is InChI=1S/C16H10Cl4N4OS/c17-9-2-1-8(11(19)6-9)5-14-23-24-16(26-14)22-15(25)21-13-4-3-10(18)7-12(13)20/h1-4,6-7H,5H2,(H2,21,22,24,25). The summed E-state index contributed by atoms with van der Waals surface area (Å²) in [4.78, 5) is 12.1. The zero-order valence-electron chi connectivity index (χ0n) is 12.9. The van der Waals surface area contributed by atoms with Crippen LogP contribution in [0.15, 0.2) is 36.4 Å². The van der Waals surface area contributed by atoms with E-state index in [1.807, 2.05) is 6.07 Å². The smallest absolute Gasteiger partial charge is 0.306 e. The van der Waals surface area contributed by atoms with Gasteiger partial charge in [-0.15, -0.1) is 10.2 Å². The third-order valence-electron chi connectivity index (χ3n) is 3.22. The molecule has 0 radical (unpaired) electrons. The summed E-state index contributed by atoms with van der Waals surface area (Å²) in [7, 11) is 0. The lowest BCUT2D eigenvalue weighted by molar-refractivity contribution is 0.262. The van der Waals surface area contributed by atoms with Gasteiger partial charge >= 0.3 is 6.03 Å². The first-order chi connectivity index (χ1) is 12.4. The van der Waals surface area contributed by atoms with E-state index in [-0.39, 0.29) is 0 Å². The number of anilines is 2. The Hall–Kier alpha value is -1.57. The molecule has 2 aromatic carbocycles. The maximum absolute atomic E-state index is 12.1. The second-order valence-corrected chi connectivity index (χ2v) is 7.87. The SMILES string of the molecule is O=C(Nc1nnc(Cc2ccc(Cl)cc2Cl)s1)Nc1ccc(Cl)cc1Cl. The third kappa shape index (κ3) is 4.99. The van der Waals surface area contributed by atoms with Crippen LogP contribution in [0.4, 0.5) is 15.6 Å². The van der Waals surface area contributed by atoms with Crippen molar-refractivity contribution in [3.63, 3.8) is 0 Å². The first-order valence-corrected chi connectivity index (χ1v) is 9.53. The van der Waals surface area contributed by atoms with Crippen molar-refractivity contribution in [2.24, 2.45) is 0 Å². The lowest BCUT2D eigenvalue weighted by atomic mass is 10.2. The van der Waals surface area contributed by atoms with E-state index in [0.717, 1.165) is 5.56 Å². The maximum atomic E-state index is 12.1. The molecule has 0 saturated heterocycles. The number of nitrogens with one attached hydrogen (secondary N) is 2. The van der Waals surface area contributed by atoms with Crippen LogP contribution in [0.5, 0.6) is 0 Å². The fraction of sp³-hybridized carbons (Fsp3) is 0.0625. The van der Waals surface area contributed by atoms with Crippen molar-refractivity contribution >= 4 is 74.6 Å². The molecule has 0 spiro atoms. The number of urea groups is 1. The molecule has 0 fully saturated rings. The van der Waals surface area contributed by atoms with Crippen LogP contribution >= 0.6 is 57.7 Å². The lowest BCUT2D eigenvalue weighted by Crippen LogP contribution is -2.19. The molecule has 3 rings (SSSR count). The first kappa shape index (κ1) is 19.2. The predicted molar refractivity (Wildman–Crippen MR) is 108 cm³/mol. The molecular formula is C16H10Cl4N4OS. The van der Waals surface area contributed by atoms with Gasteiger partial charge in [0.25, 0.3) is 0 Å². The van der Waals surface area contributed by atoms with Crippen LogP contribution < -0.4 is 10.6 Å². The second kappa shape index (κ2) is 8.41. The van der Waals surface area contributed by atoms with Gasteiger partial charge in [0.1, 0.15) is 5.01 Å². The Balaban J connectivity index is 1.63. The minimum absolute atomic E-state index is 0.336. The number of amides is 2. The minimum Gasteiger partial charge on any atom is -0.306 e. The van der Waals surface area contributed by atoms with E-state index < -0.39 is 6.03 Å². The number of carbonyl (C=O) groups is 1. The highest BCUT2D eigenvalue weighted by molar-refractivity contribution is 7.15. The molecule has 0 aliphatic rings. The van der Waals surface area contributed by atoms with Crippen LogP contribution in [-0.2, 0) is 6.42 Å². The Bertz CT molecular complexity index is 963. The normalized spacial score (nSPS) is 10.6. The summed E-state index contributed by atoms with van der Waals surface area (Å²) < 4.78 is 0. The molecule has 26 heavy (non-hydrogen) atoms. The fourth-order valence-electron chi connectivity index (χ4n) is 2.05. The van der Waals surface area contributed by atoms with Crippen LogP contribution in [0.3, 0.4) is 0 Å². The number of benzene rings is 2. The molecular weight excluding hydrogens is 438 g/mol. The van der Waals surface area contributed by atoms with Crippen LogP contribution in [0, 0.1) is 0 Å². The largest absolute Gasteiger partial charge is 0.325 e. The van der Waals surface area contributed by atoms with Crippen LogP contribution in [-0.4, -0.2) is 16.2 Å². The highest BCUT2D eigenvalue weighted by Crippen LogP contribution is 2.27. The van der Waals surface area contributed by atoms with Gasteiger partial charge in [-0.05, 0) is 35.9 Å². The summed E-state index contributed by atoms with van der Waals surface area (Å²) in [5, 5.41) is 16.2. The molecule has 2 amide bonds. The van der Waals surface area contributed by atoms with Gasteiger partial charge in [-0.25, -0.2) is 4.79 Å². The Labute approximate surface area is 173 Å². The average molecular weight is 448 g/mol. The number of aromatic nitrogens is 2. The Kier molecular flexibility index (Phi) is 6.21. The fourth-order valence-corrected chi connectivity index (χ4v) is 3.73. The molecule has 134 valence electrons. The number of hydrogen-bond acceptors (Lipinski definition) is 4. The lowest BCUT2D eigenvalue weighted by Gasteiger charge is -2.07. The molecule has 0 unspecified atom stereocenters. The van der Waals surface area contributed by atoms with Gasteiger partial charge in [-0.3, -0.25) is 5.32 Å². The van der Waals surface area contributed by atoms with Gasteiger partial charge in [0, 0.05) is 21.5 Å². The Morgan fingerprint density at radius 1 is 0.923 bits per heavy atom. The number of nitrogens with zero attached hydrogens (tertiary/aromatic N) is 2. The van der Waals surface area contributed by atoms with E-state index in [0.29, 0.717) is 42.3 Å². The molecule has 0 atom stereocenters. The molecule has 1 heterocycles. The van der Waals surface area contributed by atoms with Crippen molar-refractivity contribution in [3.05, 3.63) is 67.1 Å². The van der Waals surface area contributed by atoms with Crippen molar-refractivity contribution < 1.29 is 4.79 Å². The van der Waals surface area contributed by atoms with E-state index in [1.165, 1.54) is 17.4 Å². The summed E-state index contributed by atoms with van der Waals surface area (Å²) in [6, 6.07) is 9.54. The summed E-state index contributed by atoms with van der Waals surface area (Å²) >= 11 is 25.1. The van der Waals surface area contributed by atoms with Crippen LogP contribution in [0.25, 0.3) is 0 Å². The first-order valence-electron chi connectivity index (χ1n) is 7.20. The summed E-state index contributed by atoms with van der Waals surface area (Å²) in [6.07, 6.45) is 0.486. The molecule has 0 bridgehead atoms. The monoisotopic (exact) mass is 446 g/mol. The van der Waals surface area contributed by atoms with E-state index in [1.54, 1.807) is 24.3 Å². The highest BCUT2D eigenvalue weighted by atomic mass is 35.5.